The first-order chi connectivity index (χ1) is 12.5. The Balaban J connectivity index is 0.00000261. The SMILES string of the molecule is CN=C(NCC1CN(C)CCN1C)N1CCN(Cc2ccc(Br)s2)CC1.I. The Morgan fingerprint density at radius 1 is 1.19 bits per heavy atom. The van der Waals surface area contributed by atoms with Gasteiger partial charge < -0.3 is 15.1 Å². The normalized spacial score (nSPS) is 23.3. The van der Waals surface area contributed by atoms with Crippen LogP contribution in [-0.2, 0) is 6.54 Å². The van der Waals surface area contributed by atoms with Gasteiger partial charge in [0.2, 0.25) is 0 Å². The molecule has 27 heavy (non-hydrogen) atoms. The highest BCUT2D eigenvalue weighted by Crippen LogP contribution is 2.23. The molecule has 2 saturated heterocycles. The highest BCUT2D eigenvalue weighted by molar-refractivity contribution is 14.0. The van der Waals surface area contributed by atoms with Gasteiger partial charge in [-0.3, -0.25) is 14.8 Å². The molecule has 0 aromatic carbocycles. The van der Waals surface area contributed by atoms with E-state index < -0.39 is 0 Å². The standard InChI is InChI=1S/C18H31BrN6S.HI/c1-20-18(21-12-15-13-22(2)6-7-23(15)3)25-10-8-24(9-11-25)14-16-4-5-17(19)26-16;/h4-5,15H,6-14H2,1-3H3,(H,20,21);1H. The van der Waals surface area contributed by atoms with E-state index >= 15 is 0 Å². The summed E-state index contributed by atoms with van der Waals surface area (Å²) in [5, 5.41) is 3.61. The highest BCUT2D eigenvalue weighted by Gasteiger charge is 2.24. The van der Waals surface area contributed by atoms with Crippen molar-refractivity contribution in [1.82, 2.24) is 24.9 Å². The molecule has 1 aromatic rings. The molecule has 2 fully saturated rings. The van der Waals surface area contributed by atoms with Crippen molar-refractivity contribution in [2.75, 3.05) is 73.5 Å². The minimum Gasteiger partial charge on any atom is -0.355 e. The lowest BCUT2D eigenvalue weighted by Gasteiger charge is -2.40. The summed E-state index contributed by atoms with van der Waals surface area (Å²) in [6, 6.07) is 4.91. The van der Waals surface area contributed by atoms with E-state index in [1.165, 1.54) is 8.66 Å². The minimum absolute atomic E-state index is 0. The smallest absolute Gasteiger partial charge is 0.193 e. The Hall–Kier alpha value is 0.0600. The summed E-state index contributed by atoms with van der Waals surface area (Å²) in [7, 11) is 6.33. The van der Waals surface area contributed by atoms with Crippen molar-refractivity contribution in [3.05, 3.63) is 20.8 Å². The van der Waals surface area contributed by atoms with Crippen LogP contribution in [-0.4, -0.2) is 105 Å². The van der Waals surface area contributed by atoms with Gasteiger partial charge in [0.15, 0.2) is 5.96 Å². The van der Waals surface area contributed by atoms with Crippen LogP contribution < -0.4 is 5.32 Å². The second kappa shape index (κ2) is 11.3. The van der Waals surface area contributed by atoms with Crippen LogP contribution in [0.25, 0.3) is 0 Å². The molecule has 3 heterocycles. The number of aliphatic imine (C=N–C) groups is 1. The first-order valence-electron chi connectivity index (χ1n) is 9.36. The van der Waals surface area contributed by atoms with Gasteiger partial charge in [0.1, 0.15) is 0 Å². The molecule has 0 aliphatic carbocycles. The summed E-state index contributed by atoms with van der Waals surface area (Å²) in [6.07, 6.45) is 0. The molecule has 0 amide bonds. The van der Waals surface area contributed by atoms with Crippen molar-refractivity contribution in [2.24, 2.45) is 4.99 Å². The van der Waals surface area contributed by atoms with E-state index in [0.717, 1.165) is 64.9 Å². The Kier molecular flexibility index (Phi) is 9.77. The maximum atomic E-state index is 4.53. The van der Waals surface area contributed by atoms with Crippen molar-refractivity contribution in [3.63, 3.8) is 0 Å². The zero-order chi connectivity index (χ0) is 18.5. The van der Waals surface area contributed by atoms with Crippen LogP contribution >= 0.6 is 51.2 Å². The molecule has 1 atom stereocenters. The number of piperazine rings is 2. The van der Waals surface area contributed by atoms with Crippen LogP contribution in [0.15, 0.2) is 20.9 Å². The van der Waals surface area contributed by atoms with Crippen LogP contribution in [0.2, 0.25) is 0 Å². The summed E-state index contributed by atoms with van der Waals surface area (Å²) in [5.74, 6) is 1.05. The molecular formula is C18H32BrIN6S. The number of rotatable bonds is 4. The van der Waals surface area contributed by atoms with E-state index in [9.17, 15) is 0 Å². The van der Waals surface area contributed by atoms with Crippen LogP contribution in [0, 0.1) is 0 Å². The van der Waals surface area contributed by atoms with Gasteiger partial charge in [-0.1, -0.05) is 0 Å². The fraction of sp³-hybridized carbons (Fsp3) is 0.722. The lowest BCUT2D eigenvalue weighted by molar-refractivity contribution is 0.115. The van der Waals surface area contributed by atoms with Gasteiger partial charge >= 0.3 is 0 Å². The predicted molar refractivity (Wildman–Crippen MR) is 130 cm³/mol. The number of nitrogens with one attached hydrogen (secondary N) is 1. The molecule has 2 aliphatic heterocycles. The van der Waals surface area contributed by atoms with Crippen molar-refractivity contribution in [3.8, 4) is 0 Å². The Morgan fingerprint density at radius 3 is 2.56 bits per heavy atom. The summed E-state index contributed by atoms with van der Waals surface area (Å²) in [4.78, 5) is 15.8. The van der Waals surface area contributed by atoms with Crippen molar-refractivity contribution >= 4 is 57.2 Å². The van der Waals surface area contributed by atoms with Crippen LogP contribution in [0.4, 0.5) is 0 Å². The minimum atomic E-state index is 0. The molecule has 9 heteroatoms. The van der Waals surface area contributed by atoms with Gasteiger partial charge in [0.25, 0.3) is 0 Å². The second-order valence-corrected chi connectivity index (χ2v) is 9.84. The molecule has 2 aliphatic rings. The quantitative estimate of drug-likeness (QED) is 0.341. The summed E-state index contributed by atoms with van der Waals surface area (Å²) >= 11 is 5.39. The maximum Gasteiger partial charge on any atom is 0.193 e. The van der Waals surface area contributed by atoms with Gasteiger partial charge in [-0.25, -0.2) is 0 Å². The summed E-state index contributed by atoms with van der Waals surface area (Å²) < 4.78 is 1.22. The van der Waals surface area contributed by atoms with E-state index in [0.29, 0.717) is 6.04 Å². The zero-order valence-corrected chi connectivity index (χ0v) is 21.3. The number of nitrogens with zero attached hydrogens (tertiary/aromatic N) is 5. The average Bonchev–Trinajstić information content (AvgIpc) is 3.04. The van der Waals surface area contributed by atoms with Gasteiger partial charge in [-0.15, -0.1) is 35.3 Å². The van der Waals surface area contributed by atoms with Gasteiger partial charge in [-0.05, 0) is 42.2 Å². The molecule has 0 radical (unpaired) electrons. The predicted octanol–water partition coefficient (Wildman–Crippen LogP) is 2.07. The first kappa shape index (κ1) is 23.3. The van der Waals surface area contributed by atoms with Gasteiger partial charge in [0.05, 0.1) is 3.79 Å². The van der Waals surface area contributed by atoms with Crippen LogP contribution in [0.1, 0.15) is 4.88 Å². The van der Waals surface area contributed by atoms with Crippen molar-refractivity contribution < 1.29 is 0 Å². The van der Waals surface area contributed by atoms with Crippen LogP contribution in [0.5, 0.6) is 0 Å². The third-order valence-electron chi connectivity index (χ3n) is 5.37. The Labute approximate surface area is 193 Å². The van der Waals surface area contributed by atoms with E-state index in [1.807, 2.05) is 18.4 Å². The Morgan fingerprint density at radius 2 is 1.93 bits per heavy atom. The van der Waals surface area contributed by atoms with Crippen molar-refractivity contribution in [1.29, 1.82) is 0 Å². The third-order valence-corrected chi connectivity index (χ3v) is 6.98. The van der Waals surface area contributed by atoms with Crippen LogP contribution in [0.3, 0.4) is 0 Å². The lowest BCUT2D eigenvalue weighted by atomic mass is 10.2. The monoisotopic (exact) mass is 570 g/mol. The van der Waals surface area contributed by atoms with E-state index in [-0.39, 0.29) is 24.0 Å². The molecule has 1 aromatic heterocycles. The number of guanidine groups is 1. The molecule has 0 saturated carbocycles. The number of thiophene rings is 1. The summed E-state index contributed by atoms with van der Waals surface area (Å²) in [6.45, 7) is 9.66. The molecular weight excluding hydrogens is 539 g/mol. The largest absolute Gasteiger partial charge is 0.355 e. The fourth-order valence-electron chi connectivity index (χ4n) is 3.64. The lowest BCUT2D eigenvalue weighted by Crippen LogP contribution is -2.57. The maximum absolute atomic E-state index is 4.53. The average molecular weight is 571 g/mol. The Bertz CT molecular complexity index is 604. The molecule has 6 nitrogen and oxygen atoms in total. The summed E-state index contributed by atoms with van der Waals surface area (Å²) in [5.41, 5.74) is 0. The molecule has 0 spiro atoms. The third kappa shape index (κ3) is 6.81. The van der Waals surface area contributed by atoms with Gasteiger partial charge in [0, 0.05) is 76.9 Å². The molecule has 0 bridgehead atoms. The molecule has 154 valence electrons. The highest BCUT2D eigenvalue weighted by atomic mass is 127. The van der Waals surface area contributed by atoms with E-state index in [1.54, 1.807) is 0 Å². The van der Waals surface area contributed by atoms with E-state index in [4.69, 9.17) is 0 Å². The number of hydrogen-bond donors (Lipinski definition) is 1. The second-order valence-electron chi connectivity index (χ2n) is 7.29. The zero-order valence-electron chi connectivity index (χ0n) is 16.5. The number of hydrogen-bond acceptors (Lipinski definition) is 5. The molecule has 3 rings (SSSR count). The fourth-order valence-corrected chi connectivity index (χ4v) is 5.16. The number of likely N-dealkylation sites (N-methyl/N-ethyl adjacent to an activating group) is 2. The topological polar surface area (TPSA) is 37.4 Å². The van der Waals surface area contributed by atoms with Crippen molar-refractivity contribution in [2.45, 2.75) is 12.6 Å². The first-order valence-corrected chi connectivity index (χ1v) is 11.0. The van der Waals surface area contributed by atoms with Gasteiger partial charge in [-0.2, -0.15) is 0 Å². The van der Waals surface area contributed by atoms with E-state index in [2.05, 4.69) is 72.1 Å². The molecule has 1 unspecified atom stereocenters. The number of halogens is 2. The molecule has 1 N–H and O–H groups in total.